The molecule has 0 aliphatic heterocycles. The van der Waals surface area contributed by atoms with Gasteiger partial charge in [0.25, 0.3) is 5.91 Å². The van der Waals surface area contributed by atoms with Crippen molar-refractivity contribution in [2.75, 3.05) is 0 Å². The Labute approximate surface area is 67.8 Å². The Hall–Kier alpha value is -1.13. The van der Waals surface area contributed by atoms with Crippen LogP contribution in [0.25, 0.3) is 0 Å². The number of pyridine rings is 1. The van der Waals surface area contributed by atoms with Crippen LogP contribution in [-0.4, -0.2) is 16.1 Å². The highest BCUT2D eigenvalue weighted by molar-refractivity contribution is 6.29. The minimum absolute atomic E-state index is 0.0833. The number of amides is 1. The molecule has 0 atom stereocenters. The van der Waals surface area contributed by atoms with Crippen LogP contribution in [0.1, 0.15) is 10.5 Å². The average molecular weight is 173 g/mol. The minimum Gasteiger partial charge on any atom is -0.288 e. The normalized spacial score (nSPS) is 9.27. The van der Waals surface area contributed by atoms with Gasteiger partial charge in [0.15, 0.2) is 0 Å². The van der Waals surface area contributed by atoms with Gasteiger partial charge in [-0.05, 0) is 12.1 Å². The van der Waals surface area contributed by atoms with Gasteiger partial charge in [0.2, 0.25) is 0 Å². The number of carbonyl (C=O) groups is 1. The van der Waals surface area contributed by atoms with Gasteiger partial charge in [-0.2, -0.15) is 0 Å². The fourth-order valence-corrected chi connectivity index (χ4v) is 0.756. The summed E-state index contributed by atoms with van der Waals surface area (Å²) in [6.45, 7) is 0. The van der Waals surface area contributed by atoms with Crippen molar-refractivity contribution in [2.24, 2.45) is 0 Å². The summed E-state index contributed by atoms with van der Waals surface area (Å²) >= 11 is 5.47. The predicted octanol–water partition coefficient (Wildman–Crippen LogP) is 0.854. The maximum Gasteiger partial charge on any atom is 0.293 e. The first-order valence-electron chi connectivity index (χ1n) is 2.81. The Morgan fingerprint density at radius 1 is 1.64 bits per heavy atom. The molecule has 0 saturated heterocycles. The fraction of sp³-hybridized carbons (Fsp3) is 0. The Morgan fingerprint density at radius 2 is 2.36 bits per heavy atom. The lowest BCUT2D eigenvalue weighted by molar-refractivity contribution is 0.0701. The van der Waals surface area contributed by atoms with Crippen molar-refractivity contribution >= 4 is 17.5 Å². The number of rotatable bonds is 1. The van der Waals surface area contributed by atoms with E-state index in [1.165, 1.54) is 17.6 Å². The smallest absolute Gasteiger partial charge is 0.288 e. The van der Waals surface area contributed by atoms with E-state index in [0.29, 0.717) is 0 Å². The monoisotopic (exact) mass is 172 g/mol. The van der Waals surface area contributed by atoms with Gasteiger partial charge in [0, 0.05) is 0 Å². The molecule has 0 aliphatic carbocycles. The van der Waals surface area contributed by atoms with Crippen LogP contribution in [0.5, 0.6) is 0 Å². The fourth-order valence-electron chi connectivity index (χ4n) is 0.592. The molecule has 0 bridgehead atoms. The number of hydroxylamine groups is 1. The number of nitrogens with zero attached hydrogens (tertiary/aromatic N) is 1. The summed E-state index contributed by atoms with van der Waals surface area (Å²) in [6.07, 6.45) is 0. The van der Waals surface area contributed by atoms with Crippen LogP contribution in [0.4, 0.5) is 0 Å². The zero-order valence-corrected chi connectivity index (χ0v) is 6.17. The molecular weight excluding hydrogens is 168 g/mol. The molecule has 0 fully saturated rings. The van der Waals surface area contributed by atoms with E-state index in [1.54, 1.807) is 6.07 Å². The molecule has 58 valence electrons. The van der Waals surface area contributed by atoms with Crippen LogP contribution in [0.2, 0.25) is 5.15 Å². The second-order valence-electron chi connectivity index (χ2n) is 1.79. The maximum atomic E-state index is 10.7. The number of carbonyl (C=O) groups excluding carboxylic acids is 1. The first-order valence-corrected chi connectivity index (χ1v) is 3.19. The van der Waals surface area contributed by atoms with Crippen molar-refractivity contribution in [1.82, 2.24) is 10.5 Å². The molecule has 1 aromatic rings. The number of aromatic nitrogens is 1. The summed E-state index contributed by atoms with van der Waals surface area (Å²) in [7, 11) is 0. The third-order valence-corrected chi connectivity index (χ3v) is 1.26. The van der Waals surface area contributed by atoms with Crippen LogP contribution in [0.3, 0.4) is 0 Å². The number of halogens is 1. The summed E-state index contributed by atoms with van der Waals surface area (Å²) < 4.78 is 0. The van der Waals surface area contributed by atoms with Crippen molar-refractivity contribution in [2.45, 2.75) is 0 Å². The first kappa shape index (κ1) is 7.97. The first-order chi connectivity index (χ1) is 5.24. The van der Waals surface area contributed by atoms with E-state index in [2.05, 4.69) is 4.98 Å². The maximum absolute atomic E-state index is 10.7. The molecule has 0 saturated carbocycles. The van der Waals surface area contributed by atoms with Crippen molar-refractivity contribution in [1.29, 1.82) is 0 Å². The second-order valence-corrected chi connectivity index (χ2v) is 2.17. The van der Waals surface area contributed by atoms with Crippen molar-refractivity contribution in [3.05, 3.63) is 29.0 Å². The lowest BCUT2D eigenvalue weighted by Crippen LogP contribution is -2.19. The molecule has 0 aromatic carbocycles. The number of hydrogen-bond acceptors (Lipinski definition) is 3. The summed E-state index contributed by atoms with van der Waals surface area (Å²) in [5.41, 5.74) is 1.53. The molecule has 4 nitrogen and oxygen atoms in total. The van der Waals surface area contributed by atoms with Gasteiger partial charge < -0.3 is 0 Å². The highest BCUT2D eigenvalue weighted by Gasteiger charge is 2.04. The van der Waals surface area contributed by atoms with Crippen LogP contribution in [-0.2, 0) is 0 Å². The van der Waals surface area contributed by atoms with Crippen molar-refractivity contribution in [3.63, 3.8) is 0 Å². The molecule has 0 unspecified atom stereocenters. The lowest BCUT2D eigenvalue weighted by atomic mass is 10.3. The third-order valence-electron chi connectivity index (χ3n) is 1.05. The molecule has 1 rings (SSSR count). The molecule has 1 aromatic heterocycles. The van der Waals surface area contributed by atoms with E-state index >= 15 is 0 Å². The highest BCUT2D eigenvalue weighted by Crippen LogP contribution is 2.04. The number of hydrogen-bond donors (Lipinski definition) is 2. The molecule has 0 spiro atoms. The third kappa shape index (κ3) is 1.89. The lowest BCUT2D eigenvalue weighted by Gasteiger charge is -1.96. The molecule has 1 heterocycles. The van der Waals surface area contributed by atoms with Gasteiger partial charge >= 0.3 is 0 Å². The van der Waals surface area contributed by atoms with Gasteiger partial charge in [0.1, 0.15) is 10.8 Å². The van der Waals surface area contributed by atoms with E-state index in [9.17, 15) is 4.79 Å². The Kier molecular flexibility index (Phi) is 2.40. The Balaban J connectivity index is 2.96. The van der Waals surface area contributed by atoms with Crippen molar-refractivity contribution < 1.29 is 10.0 Å². The average Bonchev–Trinajstić information content (AvgIpc) is 2.03. The Bertz CT molecular complexity index is 277. The summed E-state index contributed by atoms with van der Waals surface area (Å²) in [5, 5.41) is 8.41. The zero-order valence-electron chi connectivity index (χ0n) is 5.41. The van der Waals surface area contributed by atoms with E-state index < -0.39 is 5.91 Å². The standard InChI is InChI=1S/C6H5ClN2O2/c7-5-3-1-2-4(8-5)6(10)9-11/h1-3,11H,(H,9,10). The van der Waals surface area contributed by atoms with Gasteiger partial charge in [-0.3, -0.25) is 10.0 Å². The Morgan fingerprint density at radius 3 is 2.91 bits per heavy atom. The SMILES string of the molecule is O=C(NO)c1cccc(Cl)n1. The predicted molar refractivity (Wildman–Crippen MR) is 38.5 cm³/mol. The van der Waals surface area contributed by atoms with Gasteiger partial charge in [-0.25, -0.2) is 10.5 Å². The van der Waals surface area contributed by atoms with E-state index in [0.717, 1.165) is 0 Å². The van der Waals surface area contributed by atoms with E-state index in [4.69, 9.17) is 16.8 Å². The quantitative estimate of drug-likeness (QED) is 0.375. The zero-order chi connectivity index (χ0) is 8.27. The van der Waals surface area contributed by atoms with Crippen LogP contribution < -0.4 is 5.48 Å². The van der Waals surface area contributed by atoms with Crippen molar-refractivity contribution in [3.8, 4) is 0 Å². The topological polar surface area (TPSA) is 62.2 Å². The molecule has 11 heavy (non-hydrogen) atoms. The highest BCUT2D eigenvalue weighted by atomic mass is 35.5. The molecular formula is C6H5ClN2O2. The summed E-state index contributed by atoms with van der Waals surface area (Å²) in [6, 6.07) is 4.55. The van der Waals surface area contributed by atoms with E-state index in [-0.39, 0.29) is 10.8 Å². The number of nitrogens with one attached hydrogen (secondary N) is 1. The summed E-state index contributed by atoms with van der Waals surface area (Å²) in [4.78, 5) is 14.3. The van der Waals surface area contributed by atoms with Gasteiger partial charge in [-0.1, -0.05) is 17.7 Å². The van der Waals surface area contributed by atoms with Crippen LogP contribution in [0, 0.1) is 0 Å². The van der Waals surface area contributed by atoms with Crippen LogP contribution in [0.15, 0.2) is 18.2 Å². The minimum atomic E-state index is -0.674. The molecule has 0 radical (unpaired) electrons. The molecule has 0 aliphatic rings. The summed E-state index contributed by atoms with van der Waals surface area (Å²) in [5.74, 6) is -0.674. The van der Waals surface area contributed by atoms with Gasteiger partial charge in [-0.15, -0.1) is 0 Å². The molecule has 5 heteroatoms. The largest absolute Gasteiger partial charge is 0.293 e. The van der Waals surface area contributed by atoms with Gasteiger partial charge in [0.05, 0.1) is 0 Å². The molecule has 2 N–H and O–H groups in total. The second kappa shape index (κ2) is 3.32. The van der Waals surface area contributed by atoms with E-state index in [1.807, 2.05) is 0 Å². The molecule has 1 amide bonds. The van der Waals surface area contributed by atoms with Crippen LogP contribution >= 0.6 is 11.6 Å².